The third kappa shape index (κ3) is 2.56. The van der Waals surface area contributed by atoms with E-state index in [-0.39, 0.29) is 0 Å². The van der Waals surface area contributed by atoms with Crippen molar-refractivity contribution in [1.29, 1.82) is 0 Å². The number of H-pyrrole nitrogens is 1. The number of aromatic amines is 1. The standard InChI is InChI=1S/C16H21N4/c1-11(2)10-20-7-5-12(6-8-20)16-14-9-13(17)3-4-15(14)18-19-16/h3-5,9H,6-8,10,17H2,1-2H3,(H,18,19). The summed E-state index contributed by atoms with van der Waals surface area (Å²) in [6.45, 7) is 7.54. The highest BCUT2D eigenvalue weighted by Crippen LogP contribution is 2.28. The molecule has 0 fully saturated rings. The number of nitrogens with one attached hydrogen (secondary N) is 1. The fourth-order valence-corrected chi connectivity index (χ4v) is 2.79. The molecule has 3 rings (SSSR count). The van der Waals surface area contributed by atoms with Crippen LogP contribution in [0.15, 0.2) is 24.3 Å². The van der Waals surface area contributed by atoms with E-state index >= 15 is 0 Å². The second kappa shape index (κ2) is 5.29. The highest BCUT2D eigenvalue weighted by atomic mass is 15.1. The lowest BCUT2D eigenvalue weighted by Gasteiger charge is -2.27. The fraction of sp³-hybridized carbons (Fsp3) is 0.375. The number of fused-ring (bicyclic) bond motifs is 1. The van der Waals surface area contributed by atoms with Crippen LogP contribution in [0.3, 0.4) is 0 Å². The summed E-state index contributed by atoms with van der Waals surface area (Å²) in [4.78, 5) is 2.46. The molecule has 4 nitrogen and oxygen atoms in total. The molecule has 1 aromatic carbocycles. The van der Waals surface area contributed by atoms with Crippen LogP contribution in [0, 0.1) is 5.92 Å². The van der Waals surface area contributed by atoms with Gasteiger partial charge in [-0.05, 0) is 36.1 Å². The first-order valence-corrected chi connectivity index (χ1v) is 7.08. The molecule has 20 heavy (non-hydrogen) atoms. The minimum Gasteiger partial charge on any atom is -0.399 e. The summed E-state index contributed by atoms with van der Waals surface area (Å²) in [6, 6.07) is 5.90. The van der Waals surface area contributed by atoms with Gasteiger partial charge in [-0.3, -0.25) is 10.00 Å². The zero-order chi connectivity index (χ0) is 14.1. The molecule has 1 aliphatic heterocycles. The van der Waals surface area contributed by atoms with Crippen LogP contribution >= 0.6 is 0 Å². The van der Waals surface area contributed by atoms with Crippen molar-refractivity contribution in [2.24, 2.45) is 0 Å². The zero-order valence-electron chi connectivity index (χ0n) is 12.1. The molecule has 0 aliphatic carbocycles. The Bertz CT molecular complexity index is 639. The second-order valence-corrected chi connectivity index (χ2v) is 5.80. The number of aromatic nitrogens is 2. The first-order chi connectivity index (χ1) is 9.63. The summed E-state index contributed by atoms with van der Waals surface area (Å²) in [6.07, 6.45) is 3.34. The predicted octanol–water partition coefficient (Wildman–Crippen LogP) is 2.85. The Hall–Kier alpha value is -1.81. The van der Waals surface area contributed by atoms with Crippen molar-refractivity contribution < 1.29 is 0 Å². The van der Waals surface area contributed by atoms with Gasteiger partial charge < -0.3 is 5.73 Å². The van der Waals surface area contributed by atoms with E-state index in [0.717, 1.165) is 48.3 Å². The molecule has 105 valence electrons. The van der Waals surface area contributed by atoms with Crippen molar-refractivity contribution in [1.82, 2.24) is 15.1 Å². The fourth-order valence-electron chi connectivity index (χ4n) is 2.79. The van der Waals surface area contributed by atoms with Gasteiger partial charge in [-0.1, -0.05) is 19.9 Å². The van der Waals surface area contributed by atoms with Crippen molar-refractivity contribution in [3.05, 3.63) is 35.9 Å². The van der Waals surface area contributed by atoms with Crippen LogP contribution in [0.5, 0.6) is 0 Å². The van der Waals surface area contributed by atoms with Gasteiger partial charge in [0.2, 0.25) is 0 Å². The van der Waals surface area contributed by atoms with Crippen molar-refractivity contribution in [2.75, 3.05) is 25.4 Å². The first-order valence-electron chi connectivity index (χ1n) is 7.08. The van der Waals surface area contributed by atoms with Crippen LogP contribution in [0.1, 0.15) is 26.0 Å². The number of nitrogens with two attached hydrogens (primary N) is 1. The normalized spacial score (nSPS) is 16.9. The highest BCUT2D eigenvalue weighted by Gasteiger charge is 2.17. The smallest absolute Gasteiger partial charge is 0.0957 e. The summed E-state index contributed by atoms with van der Waals surface area (Å²) >= 11 is 0. The van der Waals surface area contributed by atoms with Crippen LogP contribution in [-0.4, -0.2) is 34.7 Å². The molecule has 4 heteroatoms. The number of hydrogen-bond acceptors (Lipinski definition) is 3. The van der Waals surface area contributed by atoms with Crippen LogP contribution < -0.4 is 5.73 Å². The van der Waals surface area contributed by atoms with E-state index in [9.17, 15) is 0 Å². The van der Waals surface area contributed by atoms with Gasteiger partial charge in [0.1, 0.15) is 0 Å². The topological polar surface area (TPSA) is 57.9 Å². The molecule has 1 aliphatic rings. The third-order valence-electron chi connectivity index (χ3n) is 3.72. The van der Waals surface area contributed by atoms with E-state index in [4.69, 9.17) is 5.73 Å². The number of nitrogens with zero attached hydrogens (tertiary/aromatic N) is 2. The Morgan fingerprint density at radius 3 is 2.95 bits per heavy atom. The summed E-state index contributed by atoms with van der Waals surface area (Å²) < 4.78 is 0. The first kappa shape index (κ1) is 13.2. The summed E-state index contributed by atoms with van der Waals surface area (Å²) in [5.41, 5.74) is 10.1. The summed E-state index contributed by atoms with van der Waals surface area (Å²) in [7, 11) is 0. The molecule has 0 saturated heterocycles. The molecule has 0 bridgehead atoms. The van der Waals surface area contributed by atoms with E-state index in [1.165, 1.54) is 11.5 Å². The molecule has 1 aromatic heterocycles. The summed E-state index contributed by atoms with van der Waals surface area (Å²) in [5.74, 6) is 1.46. The lowest BCUT2D eigenvalue weighted by Crippen LogP contribution is -2.31. The molecule has 3 N–H and O–H groups in total. The van der Waals surface area contributed by atoms with Crippen molar-refractivity contribution in [3.8, 4) is 0 Å². The minimum atomic E-state index is 0.786. The van der Waals surface area contributed by atoms with Gasteiger partial charge in [0.25, 0.3) is 0 Å². The Labute approximate surface area is 119 Å². The second-order valence-electron chi connectivity index (χ2n) is 5.80. The van der Waals surface area contributed by atoms with Crippen molar-refractivity contribution in [3.63, 3.8) is 0 Å². The highest BCUT2D eigenvalue weighted by molar-refractivity contribution is 5.92. The lowest BCUT2D eigenvalue weighted by atomic mass is 10.0. The molecule has 1 radical (unpaired) electrons. The quantitative estimate of drug-likeness (QED) is 0.842. The van der Waals surface area contributed by atoms with E-state index in [2.05, 4.69) is 35.0 Å². The van der Waals surface area contributed by atoms with Crippen LogP contribution in [-0.2, 0) is 0 Å². The maximum Gasteiger partial charge on any atom is 0.0957 e. The minimum absolute atomic E-state index is 0.786. The van der Waals surface area contributed by atoms with Crippen LogP contribution in [0.4, 0.5) is 5.69 Å². The monoisotopic (exact) mass is 269 g/mol. The lowest BCUT2D eigenvalue weighted by molar-refractivity contribution is 0.313. The molecule has 2 heterocycles. The molecule has 0 unspecified atom stereocenters. The Balaban J connectivity index is 1.85. The zero-order valence-corrected chi connectivity index (χ0v) is 12.1. The van der Waals surface area contributed by atoms with E-state index in [0.29, 0.717) is 0 Å². The molecule has 0 amide bonds. The van der Waals surface area contributed by atoms with Gasteiger partial charge in [0.15, 0.2) is 0 Å². The third-order valence-corrected chi connectivity index (χ3v) is 3.72. The number of benzene rings is 1. The molecule has 2 aromatic rings. The number of rotatable bonds is 3. The number of anilines is 1. The van der Waals surface area contributed by atoms with Crippen LogP contribution in [0.25, 0.3) is 16.5 Å². The van der Waals surface area contributed by atoms with Gasteiger partial charge in [0, 0.05) is 30.7 Å². The van der Waals surface area contributed by atoms with E-state index in [1.807, 2.05) is 18.2 Å². The molecule has 0 atom stereocenters. The van der Waals surface area contributed by atoms with Crippen LogP contribution in [0.2, 0.25) is 0 Å². The predicted molar refractivity (Wildman–Crippen MR) is 84.1 cm³/mol. The van der Waals surface area contributed by atoms with Gasteiger partial charge in [-0.15, -0.1) is 0 Å². The SMILES string of the molecule is C[C](C)CN1CC=C(c2n[nH]c3ccc(N)cc23)CC1. The van der Waals surface area contributed by atoms with Gasteiger partial charge in [0.05, 0.1) is 11.2 Å². The average molecular weight is 269 g/mol. The number of hydrogen-bond donors (Lipinski definition) is 2. The molecule has 0 saturated carbocycles. The van der Waals surface area contributed by atoms with E-state index in [1.54, 1.807) is 0 Å². The van der Waals surface area contributed by atoms with Crippen molar-refractivity contribution >= 4 is 22.2 Å². The van der Waals surface area contributed by atoms with Gasteiger partial charge >= 0.3 is 0 Å². The molecule has 0 spiro atoms. The maximum atomic E-state index is 5.89. The Morgan fingerprint density at radius 1 is 1.40 bits per heavy atom. The van der Waals surface area contributed by atoms with Crippen molar-refractivity contribution in [2.45, 2.75) is 20.3 Å². The maximum absolute atomic E-state index is 5.89. The average Bonchev–Trinajstić information content (AvgIpc) is 2.82. The number of nitrogen functional groups attached to an aromatic ring is 1. The molecular formula is C16H21N4. The molecular weight excluding hydrogens is 248 g/mol. The Morgan fingerprint density at radius 2 is 2.25 bits per heavy atom. The van der Waals surface area contributed by atoms with E-state index < -0.39 is 0 Å². The Kier molecular flexibility index (Phi) is 3.49. The largest absolute Gasteiger partial charge is 0.399 e. The van der Waals surface area contributed by atoms with Gasteiger partial charge in [-0.25, -0.2) is 0 Å². The summed E-state index contributed by atoms with van der Waals surface area (Å²) in [5, 5.41) is 8.69. The van der Waals surface area contributed by atoms with Gasteiger partial charge in [-0.2, -0.15) is 5.10 Å².